The monoisotopic (exact) mass is 495 g/mol. The third-order valence-electron chi connectivity index (χ3n) is 3.85. The molecule has 1 aliphatic rings. The van der Waals surface area contributed by atoms with Crippen LogP contribution in [-0.4, -0.2) is 39.8 Å². The molecule has 0 saturated carbocycles. The maximum atomic E-state index is 13.1. The zero-order valence-corrected chi connectivity index (χ0v) is 17.0. The quantitative estimate of drug-likeness (QED) is 0.566. The van der Waals surface area contributed by atoms with Gasteiger partial charge in [0.05, 0.1) is 11.5 Å². The first kappa shape index (κ1) is 19.9. The van der Waals surface area contributed by atoms with Crippen LogP contribution in [-0.2, 0) is 10.9 Å². The number of hydrogen-bond acceptors (Lipinski definition) is 5. The molecule has 1 aliphatic heterocycles. The summed E-state index contributed by atoms with van der Waals surface area (Å²) in [6.45, 7) is 6.06. The summed E-state index contributed by atoms with van der Waals surface area (Å²) in [5.41, 5.74) is -1.10. The molecule has 1 aromatic heterocycles. The molecule has 6 nitrogen and oxygen atoms in total. The molecular formula is C17H17F3IN3O3. The molecule has 0 aliphatic carbocycles. The van der Waals surface area contributed by atoms with Gasteiger partial charge >= 0.3 is 12.3 Å². The number of alkyl halides is 3. The Labute approximate surface area is 167 Å². The van der Waals surface area contributed by atoms with Crippen LogP contribution in [0.25, 0.3) is 11.4 Å². The van der Waals surface area contributed by atoms with E-state index in [0.717, 1.165) is 6.07 Å². The SMILES string of the molecule is CC(C)(C)OC(=O)N1CC(c2nc(-c3ccc(I)c(C(F)(F)F)c3)no2)C1. The smallest absolute Gasteiger partial charge is 0.417 e. The first-order valence-electron chi connectivity index (χ1n) is 8.13. The van der Waals surface area contributed by atoms with Crippen LogP contribution in [0.1, 0.15) is 38.1 Å². The molecule has 0 radical (unpaired) electrons. The van der Waals surface area contributed by atoms with Gasteiger partial charge in [-0.05, 0) is 61.6 Å². The molecule has 27 heavy (non-hydrogen) atoms. The summed E-state index contributed by atoms with van der Waals surface area (Å²) in [5.74, 6) is 0.212. The predicted octanol–water partition coefficient (Wildman–Crippen LogP) is 4.69. The average molecular weight is 495 g/mol. The second-order valence-electron chi connectivity index (χ2n) is 7.23. The van der Waals surface area contributed by atoms with Crippen molar-refractivity contribution < 1.29 is 27.2 Å². The minimum absolute atomic E-state index is 0.0858. The number of amides is 1. The molecule has 0 unspecified atom stereocenters. The predicted molar refractivity (Wildman–Crippen MR) is 98.0 cm³/mol. The van der Waals surface area contributed by atoms with Crippen LogP contribution in [0.4, 0.5) is 18.0 Å². The van der Waals surface area contributed by atoms with Crippen molar-refractivity contribution >= 4 is 28.7 Å². The van der Waals surface area contributed by atoms with E-state index in [2.05, 4.69) is 10.1 Å². The Hall–Kier alpha value is -1.85. The van der Waals surface area contributed by atoms with E-state index in [0.29, 0.717) is 13.1 Å². The van der Waals surface area contributed by atoms with Gasteiger partial charge in [0.1, 0.15) is 5.60 Å². The second-order valence-corrected chi connectivity index (χ2v) is 8.39. The van der Waals surface area contributed by atoms with Crippen molar-refractivity contribution in [2.75, 3.05) is 13.1 Å². The third kappa shape index (κ3) is 4.53. The fourth-order valence-electron chi connectivity index (χ4n) is 2.51. The molecule has 0 N–H and O–H groups in total. The van der Waals surface area contributed by atoms with E-state index in [1.807, 2.05) is 0 Å². The Morgan fingerprint density at radius 2 is 1.96 bits per heavy atom. The zero-order valence-electron chi connectivity index (χ0n) is 14.8. The highest BCUT2D eigenvalue weighted by atomic mass is 127. The molecule has 1 fully saturated rings. The maximum Gasteiger partial charge on any atom is 0.417 e. The molecule has 1 amide bonds. The number of nitrogens with zero attached hydrogens (tertiary/aromatic N) is 3. The summed E-state index contributed by atoms with van der Waals surface area (Å²) in [6.07, 6.45) is -4.88. The van der Waals surface area contributed by atoms with Gasteiger partial charge in [0.15, 0.2) is 0 Å². The highest BCUT2D eigenvalue weighted by molar-refractivity contribution is 14.1. The molecule has 146 valence electrons. The minimum Gasteiger partial charge on any atom is -0.444 e. The Morgan fingerprint density at radius 3 is 2.56 bits per heavy atom. The Balaban J connectivity index is 1.70. The molecule has 1 saturated heterocycles. The summed E-state index contributed by atoms with van der Waals surface area (Å²) in [6, 6.07) is 3.88. The van der Waals surface area contributed by atoms with Crippen LogP contribution < -0.4 is 0 Å². The van der Waals surface area contributed by atoms with Crippen molar-refractivity contribution in [1.82, 2.24) is 15.0 Å². The van der Waals surface area contributed by atoms with Crippen LogP contribution in [0.2, 0.25) is 0 Å². The minimum atomic E-state index is -4.46. The number of carbonyl (C=O) groups excluding carboxylic acids is 1. The van der Waals surface area contributed by atoms with E-state index in [1.165, 1.54) is 17.0 Å². The van der Waals surface area contributed by atoms with E-state index in [4.69, 9.17) is 9.26 Å². The Morgan fingerprint density at radius 1 is 1.30 bits per heavy atom. The van der Waals surface area contributed by atoms with E-state index >= 15 is 0 Å². The Bertz CT molecular complexity index is 855. The molecule has 0 spiro atoms. The standard InChI is InChI=1S/C17H17F3IN3O3/c1-16(2,3)26-15(25)24-7-10(8-24)14-22-13(23-27-14)9-4-5-12(21)11(6-9)17(18,19)20/h4-6,10H,7-8H2,1-3H3. The van der Waals surface area contributed by atoms with E-state index < -0.39 is 23.4 Å². The Kier molecular flexibility index (Phi) is 5.12. The van der Waals surface area contributed by atoms with Crippen LogP contribution >= 0.6 is 22.6 Å². The highest BCUT2D eigenvalue weighted by Crippen LogP contribution is 2.35. The first-order valence-corrected chi connectivity index (χ1v) is 9.20. The highest BCUT2D eigenvalue weighted by Gasteiger charge is 2.38. The first-order chi connectivity index (χ1) is 12.4. The maximum absolute atomic E-state index is 13.1. The number of benzene rings is 1. The lowest BCUT2D eigenvalue weighted by Gasteiger charge is -2.37. The van der Waals surface area contributed by atoms with Crippen LogP contribution in [0.5, 0.6) is 0 Å². The number of ether oxygens (including phenoxy) is 1. The van der Waals surface area contributed by atoms with Gasteiger partial charge < -0.3 is 14.2 Å². The number of hydrogen-bond donors (Lipinski definition) is 0. The molecule has 0 atom stereocenters. The van der Waals surface area contributed by atoms with E-state index in [1.54, 1.807) is 43.4 Å². The van der Waals surface area contributed by atoms with Crippen molar-refractivity contribution in [3.63, 3.8) is 0 Å². The number of carbonyl (C=O) groups is 1. The summed E-state index contributed by atoms with van der Waals surface area (Å²) in [4.78, 5) is 17.6. The summed E-state index contributed by atoms with van der Waals surface area (Å²) in [5, 5.41) is 3.78. The summed E-state index contributed by atoms with van der Waals surface area (Å²) in [7, 11) is 0. The molecule has 2 aromatic rings. The molecular weight excluding hydrogens is 478 g/mol. The molecule has 1 aromatic carbocycles. The van der Waals surface area contributed by atoms with Crippen molar-refractivity contribution in [3.05, 3.63) is 33.2 Å². The second kappa shape index (κ2) is 6.95. The average Bonchev–Trinajstić information content (AvgIpc) is 2.92. The van der Waals surface area contributed by atoms with Gasteiger partial charge in [-0.3, -0.25) is 0 Å². The van der Waals surface area contributed by atoms with Gasteiger partial charge in [-0.2, -0.15) is 18.2 Å². The van der Waals surface area contributed by atoms with Crippen molar-refractivity contribution in [1.29, 1.82) is 0 Å². The van der Waals surface area contributed by atoms with Crippen molar-refractivity contribution in [3.8, 4) is 11.4 Å². The fourth-order valence-corrected chi connectivity index (χ4v) is 3.15. The summed E-state index contributed by atoms with van der Waals surface area (Å²) >= 11 is 1.64. The van der Waals surface area contributed by atoms with Gasteiger partial charge in [0, 0.05) is 22.2 Å². The van der Waals surface area contributed by atoms with Crippen LogP contribution in [0.3, 0.4) is 0 Å². The van der Waals surface area contributed by atoms with Gasteiger partial charge in [-0.15, -0.1) is 0 Å². The zero-order chi connectivity index (χ0) is 20.0. The topological polar surface area (TPSA) is 68.5 Å². The van der Waals surface area contributed by atoms with Gasteiger partial charge in [0.25, 0.3) is 0 Å². The molecule has 3 rings (SSSR count). The van der Waals surface area contributed by atoms with Gasteiger partial charge in [-0.1, -0.05) is 5.16 Å². The number of halogens is 4. The van der Waals surface area contributed by atoms with Crippen molar-refractivity contribution in [2.24, 2.45) is 0 Å². The largest absolute Gasteiger partial charge is 0.444 e. The molecule has 0 bridgehead atoms. The van der Waals surface area contributed by atoms with Crippen LogP contribution in [0, 0.1) is 3.57 Å². The van der Waals surface area contributed by atoms with Gasteiger partial charge in [-0.25, -0.2) is 4.79 Å². The normalized spacial score (nSPS) is 15.6. The van der Waals surface area contributed by atoms with Crippen molar-refractivity contribution in [2.45, 2.75) is 38.5 Å². The van der Waals surface area contributed by atoms with Crippen LogP contribution in [0.15, 0.2) is 22.7 Å². The summed E-state index contributed by atoms with van der Waals surface area (Å²) < 4.78 is 49.7. The lowest BCUT2D eigenvalue weighted by atomic mass is 10.0. The molecule has 2 heterocycles. The lowest BCUT2D eigenvalue weighted by molar-refractivity contribution is -0.138. The van der Waals surface area contributed by atoms with Gasteiger partial charge in [0.2, 0.25) is 11.7 Å². The number of aromatic nitrogens is 2. The lowest BCUT2D eigenvalue weighted by Crippen LogP contribution is -2.50. The van der Waals surface area contributed by atoms with E-state index in [-0.39, 0.29) is 26.8 Å². The molecule has 10 heteroatoms. The van der Waals surface area contributed by atoms with E-state index in [9.17, 15) is 18.0 Å². The third-order valence-corrected chi connectivity index (χ3v) is 4.79. The fraction of sp³-hybridized carbons (Fsp3) is 0.471. The number of likely N-dealkylation sites (tertiary alicyclic amines) is 1. The number of rotatable bonds is 2.